The van der Waals surface area contributed by atoms with Gasteiger partial charge in [0.15, 0.2) is 4.60 Å². The fourth-order valence-corrected chi connectivity index (χ4v) is 2.49. The Labute approximate surface area is 119 Å². The summed E-state index contributed by atoms with van der Waals surface area (Å²) >= 11 is 3.10. The lowest BCUT2D eigenvalue weighted by Gasteiger charge is -2.30. The third-order valence-corrected chi connectivity index (χ3v) is 3.73. The van der Waals surface area contributed by atoms with Gasteiger partial charge in [-0.3, -0.25) is 14.2 Å². The lowest BCUT2D eigenvalue weighted by molar-refractivity contribution is -0.141. The molecule has 1 saturated heterocycles. The third-order valence-electron chi connectivity index (χ3n) is 3.19. The summed E-state index contributed by atoms with van der Waals surface area (Å²) in [5.41, 5.74) is -0.312. The molecule has 0 atom stereocenters. The van der Waals surface area contributed by atoms with Gasteiger partial charge in [0.2, 0.25) is 0 Å². The van der Waals surface area contributed by atoms with E-state index in [1.807, 2.05) is 0 Å². The molecule has 1 aliphatic rings. The Morgan fingerprint density at radius 3 is 2.74 bits per heavy atom. The molecule has 7 heteroatoms. The number of halogens is 1. The van der Waals surface area contributed by atoms with Crippen LogP contribution in [0.25, 0.3) is 0 Å². The molecule has 1 aromatic heterocycles. The van der Waals surface area contributed by atoms with Gasteiger partial charge in [-0.15, -0.1) is 0 Å². The van der Waals surface area contributed by atoms with E-state index >= 15 is 0 Å². The lowest BCUT2D eigenvalue weighted by Crippen LogP contribution is -2.37. The number of carbonyl (C=O) groups excluding carboxylic acids is 1. The standard InChI is InChI=1S/C12H16BrN3O3/c1-19-10(17)8-16-9(7-14-11(13)12(16)18)15-5-3-2-4-6-15/h7H,2-6,8H2,1H3. The Hall–Kier alpha value is -1.37. The highest BCUT2D eigenvalue weighted by Crippen LogP contribution is 2.18. The summed E-state index contributed by atoms with van der Waals surface area (Å²) in [7, 11) is 1.31. The molecule has 104 valence electrons. The summed E-state index contributed by atoms with van der Waals surface area (Å²) in [6, 6.07) is 0. The van der Waals surface area contributed by atoms with Crippen LogP contribution in [0.5, 0.6) is 0 Å². The van der Waals surface area contributed by atoms with Gasteiger partial charge in [0.1, 0.15) is 12.4 Å². The Kier molecular flexibility index (Phi) is 4.57. The molecule has 0 bridgehead atoms. The van der Waals surface area contributed by atoms with E-state index in [1.54, 1.807) is 6.20 Å². The van der Waals surface area contributed by atoms with Crippen molar-refractivity contribution in [2.45, 2.75) is 25.8 Å². The number of hydrogen-bond donors (Lipinski definition) is 0. The zero-order valence-electron chi connectivity index (χ0n) is 10.8. The molecule has 1 fully saturated rings. The minimum absolute atomic E-state index is 0.0950. The van der Waals surface area contributed by atoms with E-state index < -0.39 is 5.97 Å². The number of ether oxygens (including phenoxy) is 1. The van der Waals surface area contributed by atoms with Gasteiger partial charge in [-0.1, -0.05) is 0 Å². The minimum atomic E-state index is -0.446. The second kappa shape index (κ2) is 6.18. The van der Waals surface area contributed by atoms with Crippen LogP contribution in [0.2, 0.25) is 0 Å². The summed E-state index contributed by atoms with van der Waals surface area (Å²) < 4.78 is 6.26. The van der Waals surface area contributed by atoms with Gasteiger partial charge in [-0.2, -0.15) is 0 Å². The average molecular weight is 330 g/mol. The molecule has 2 heterocycles. The Morgan fingerprint density at radius 1 is 1.42 bits per heavy atom. The van der Waals surface area contributed by atoms with Gasteiger partial charge in [0, 0.05) is 13.1 Å². The second-order valence-electron chi connectivity index (χ2n) is 4.42. The number of esters is 1. The molecule has 19 heavy (non-hydrogen) atoms. The molecule has 1 aliphatic heterocycles. The minimum Gasteiger partial charge on any atom is -0.468 e. The van der Waals surface area contributed by atoms with Crippen LogP contribution >= 0.6 is 15.9 Å². The van der Waals surface area contributed by atoms with Gasteiger partial charge < -0.3 is 9.64 Å². The lowest BCUT2D eigenvalue weighted by atomic mass is 10.1. The number of aromatic nitrogens is 2. The van der Waals surface area contributed by atoms with Crippen LogP contribution in [0.3, 0.4) is 0 Å². The van der Waals surface area contributed by atoms with Gasteiger partial charge in [-0.25, -0.2) is 4.98 Å². The van der Waals surface area contributed by atoms with Crippen molar-refractivity contribution in [3.05, 3.63) is 21.2 Å². The fourth-order valence-electron chi connectivity index (χ4n) is 2.18. The number of carbonyl (C=O) groups is 1. The third kappa shape index (κ3) is 3.15. The van der Waals surface area contributed by atoms with Crippen molar-refractivity contribution in [3.63, 3.8) is 0 Å². The van der Waals surface area contributed by atoms with E-state index in [2.05, 4.69) is 30.6 Å². The topological polar surface area (TPSA) is 64.4 Å². The van der Waals surface area contributed by atoms with Crippen LogP contribution in [-0.2, 0) is 16.1 Å². The monoisotopic (exact) mass is 329 g/mol. The molecular weight excluding hydrogens is 314 g/mol. The molecule has 0 amide bonds. The molecule has 0 aliphatic carbocycles. The maximum atomic E-state index is 12.1. The first-order valence-electron chi connectivity index (χ1n) is 6.20. The molecule has 0 spiro atoms. The highest BCUT2D eigenvalue weighted by molar-refractivity contribution is 9.10. The highest BCUT2D eigenvalue weighted by Gasteiger charge is 2.19. The molecule has 1 aromatic rings. The SMILES string of the molecule is COC(=O)Cn1c(N2CCCCC2)cnc(Br)c1=O. The van der Waals surface area contributed by atoms with E-state index in [9.17, 15) is 9.59 Å². The fraction of sp³-hybridized carbons (Fsp3) is 0.583. The first-order chi connectivity index (χ1) is 9.13. The Balaban J connectivity index is 2.38. The van der Waals surface area contributed by atoms with Gasteiger partial charge >= 0.3 is 5.97 Å². The van der Waals surface area contributed by atoms with Crippen LogP contribution < -0.4 is 10.5 Å². The quantitative estimate of drug-likeness (QED) is 0.779. The zero-order chi connectivity index (χ0) is 13.8. The summed E-state index contributed by atoms with van der Waals surface area (Å²) in [5.74, 6) is 0.233. The maximum absolute atomic E-state index is 12.1. The summed E-state index contributed by atoms with van der Waals surface area (Å²) in [6.45, 7) is 1.66. The molecule has 0 unspecified atom stereocenters. The van der Waals surface area contributed by atoms with Gasteiger partial charge in [0.05, 0.1) is 13.3 Å². The zero-order valence-corrected chi connectivity index (χ0v) is 12.4. The summed E-state index contributed by atoms with van der Waals surface area (Å²) in [4.78, 5) is 29.7. The molecule has 0 saturated carbocycles. The number of piperidine rings is 1. The number of rotatable bonds is 3. The summed E-state index contributed by atoms with van der Waals surface area (Å²) in [6.07, 6.45) is 4.99. The Bertz CT molecular complexity index is 523. The molecule has 2 rings (SSSR count). The van der Waals surface area contributed by atoms with Gasteiger partial charge in [0.25, 0.3) is 5.56 Å². The van der Waals surface area contributed by atoms with E-state index in [4.69, 9.17) is 0 Å². The van der Waals surface area contributed by atoms with Crippen molar-refractivity contribution < 1.29 is 9.53 Å². The number of hydrogen-bond acceptors (Lipinski definition) is 5. The molecule has 0 radical (unpaired) electrons. The highest BCUT2D eigenvalue weighted by atomic mass is 79.9. The first-order valence-corrected chi connectivity index (χ1v) is 7.00. The van der Waals surface area contributed by atoms with E-state index in [0.717, 1.165) is 25.9 Å². The van der Waals surface area contributed by atoms with Crippen molar-refractivity contribution in [3.8, 4) is 0 Å². The maximum Gasteiger partial charge on any atom is 0.325 e. The number of methoxy groups -OCH3 is 1. The predicted octanol–water partition coefficient (Wildman–Crippen LogP) is 1.17. The smallest absolute Gasteiger partial charge is 0.325 e. The van der Waals surface area contributed by atoms with E-state index in [1.165, 1.54) is 18.1 Å². The van der Waals surface area contributed by atoms with E-state index in [0.29, 0.717) is 5.82 Å². The van der Waals surface area contributed by atoms with Crippen LogP contribution in [0.15, 0.2) is 15.6 Å². The van der Waals surface area contributed by atoms with Crippen molar-refractivity contribution >= 4 is 27.7 Å². The first kappa shape index (κ1) is 14.0. The van der Waals surface area contributed by atoms with Crippen molar-refractivity contribution in [1.82, 2.24) is 9.55 Å². The van der Waals surface area contributed by atoms with Gasteiger partial charge in [-0.05, 0) is 35.2 Å². The van der Waals surface area contributed by atoms with Crippen molar-refractivity contribution in [1.29, 1.82) is 0 Å². The molecule has 0 N–H and O–H groups in total. The van der Waals surface area contributed by atoms with Crippen molar-refractivity contribution in [2.75, 3.05) is 25.1 Å². The Morgan fingerprint density at radius 2 is 2.11 bits per heavy atom. The van der Waals surface area contributed by atoms with Crippen LogP contribution in [0.1, 0.15) is 19.3 Å². The van der Waals surface area contributed by atoms with Crippen molar-refractivity contribution in [2.24, 2.45) is 0 Å². The molecular formula is C12H16BrN3O3. The van der Waals surface area contributed by atoms with Crippen LogP contribution in [0.4, 0.5) is 5.82 Å². The molecule has 6 nitrogen and oxygen atoms in total. The van der Waals surface area contributed by atoms with Crippen LogP contribution in [0, 0.1) is 0 Å². The largest absolute Gasteiger partial charge is 0.468 e. The average Bonchev–Trinajstić information content (AvgIpc) is 2.45. The summed E-state index contributed by atoms with van der Waals surface area (Å²) in [5, 5.41) is 0. The normalized spacial score (nSPS) is 15.4. The van der Waals surface area contributed by atoms with E-state index in [-0.39, 0.29) is 16.7 Å². The molecule has 0 aromatic carbocycles. The number of nitrogens with zero attached hydrogens (tertiary/aromatic N) is 3. The van der Waals surface area contributed by atoms with Crippen LogP contribution in [-0.4, -0.2) is 35.7 Å². The number of anilines is 1. The predicted molar refractivity (Wildman–Crippen MR) is 74.3 cm³/mol. The second-order valence-corrected chi connectivity index (χ2v) is 5.17.